The summed E-state index contributed by atoms with van der Waals surface area (Å²) in [5.74, 6) is 0.0361. The Kier molecular flexibility index (Phi) is 4.36. The van der Waals surface area contributed by atoms with Crippen LogP contribution in [0.1, 0.15) is 15.9 Å². The maximum absolute atomic E-state index is 12.5. The lowest BCUT2D eigenvalue weighted by Gasteiger charge is -2.08. The van der Waals surface area contributed by atoms with Gasteiger partial charge in [0.1, 0.15) is 0 Å². The van der Waals surface area contributed by atoms with Gasteiger partial charge in [-0.25, -0.2) is 0 Å². The largest absolute Gasteiger partial charge is 0.294 e. The second-order valence-corrected chi connectivity index (χ2v) is 5.55. The van der Waals surface area contributed by atoms with Gasteiger partial charge in [0.25, 0.3) is 0 Å². The van der Waals surface area contributed by atoms with Crippen LogP contribution in [-0.4, -0.2) is 5.78 Å². The van der Waals surface area contributed by atoms with E-state index in [1.165, 1.54) is 0 Å². The lowest BCUT2D eigenvalue weighted by Crippen LogP contribution is -2.04. The summed E-state index contributed by atoms with van der Waals surface area (Å²) in [7, 11) is 0. The fourth-order valence-corrected chi connectivity index (χ4v) is 2.65. The number of Topliss-reactive ketones (excluding diaryl/α,β-unsaturated/α-hetero) is 1. The van der Waals surface area contributed by atoms with Gasteiger partial charge < -0.3 is 0 Å². The van der Waals surface area contributed by atoms with Crippen molar-refractivity contribution >= 4 is 17.4 Å². The molecule has 0 spiro atoms. The molecule has 0 atom stereocenters. The van der Waals surface area contributed by atoms with E-state index in [1.54, 1.807) is 6.07 Å². The molecule has 3 aromatic rings. The summed E-state index contributed by atoms with van der Waals surface area (Å²) in [6.45, 7) is 0. The van der Waals surface area contributed by atoms with Gasteiger partial charge >= 0.3 is 0 Å². The first kappa shape index (κ1) is 14.6. The highest BCUT2D eigenvalue weighted by atomic mass is 35.5. The van der Waals surface area contributed by atoms with Gasteiger partial charge in [0.2, 0.25) is 0 Å². The molecule has 1 nitrogen and oxygen atoms in total. The molecule has 0 heterocycles. The molecule has 0 fully saturated rings. The summed E-state index contributed by atoms with van der Waals surface area (Å²) in [5.41, 5.74) is 3.65. The summed E-state index contributed by atoms with van der Waals surface area (Å²) >= 11 is 6.22. The highest BCUT2D eigenvalue weighted by Gasteiger charge is 2.12. The smallest absolute Gasteiger partial charge is 0.168 e. The maximum atomic E-state index is 12.5. The van der Waals surface area contributed by atoms with Crippen LogP contribution in [0.15, 0.2) is 78.9 Å². The third-order valence-corrected chi connectivity index (χ3v) is 3.91. The standard InChI is InChI=1S/C20H15ClO/c21-19-12-11-17(16-9-5-2-6-10-16)14-18(19)20(22)13-15-7-3-1-4-8-15/h1-12,14H,13H2. The third-order valence-electron chi connectivity index (χ3n) is 3.58. The molecule has 0 aliphatic heterocycles. The zero-order valence-corrected chi connectivity index (χ0v) is 12.8. The molecule has 3 aromatic carbocycles. The van der Waals surface area contributed by atoms with E-state index in [4.69, 9.17) is 11.6 Å². The number of hydrogen-bond donors (Lipinski definition) is 0. The van der Waals surface area contributed by atoms with Crippen molar-refractivity contribution < 1.29 is 4.79 Å². The predicted molar refractivity (Wildman–Crippen MR) is 91.4 cm³/mol. The highest BCUT2D eigenvalue weighted by Crippen LogP contribution is 2.26. The number of hydrogen-bond acceptors (Lipinski definition) is 1. The normalized spacial score (nSPS) is 10.4. The number of ketones is 1. The van der Waals surface area contributed by atoms with Crippen LogP contribution in [0.4, 0.5) is 0 Å². The second kappa shape index (κ2) is 6.59. The van der Waals surface area contributed by atoms with Crippen molar-refractivity contribution in [1.82, 2.24) is 0 Å². The molecule has 0 saturated carbocycles. The topological polar surface area (TPSA) is 17.1 Å². The van der Waals surface area contributed by atoms with Crippen LogP contribution in [0, 0.1) is 0 Å². The Morgan fingerprint density at radius 2 is 1.41 bits per heavy atom. The molecule has 0 aliphatic carbocycles. The van der Waals surface area contributed by atoms with Gasteiger partial charge in [-0.1, -0.05) is 78.3 Å². The second-order valence-electron chi connectivity index (χ2n) is 5.15. The summed E-state index contributed by atoms with van der Waals surface area (Å²) in [4.78, 5) is 12.5. The van der Waals surface area contributed by atoms with Crippen LogP contribution in [0.5, 0.6) is 0 Å². The van der Waals surface area contributed by atoms with Crippen LogP contribution in [-0.2, 0) is 6.42 Å². The predicted octanol–water partition coefficient (Wildman–Crippen LogP) is 5.43. The first-order valence-electron chi connectivity index (χ1n) is 7.16. The van der Waals surface area contributed by atoms with Crippen LogP contribution >= 0.6 is 11.6 Å². The average Bonchev–Trinajstić information content (AvgIpc) is 2.57. The van der Waals surface area contributed by atoms with Crippen molar-refractivity contribution in [3.05, 3.63) is 95.0 Å². The molecule has 0 N–H and O–H groups in total. The van der Waals surface area contributed by atoms with E-state index < -0.39 is 0 Å². The van der Waals surface area contributed by atoms with Gasteiger partial charge in [0.15, 0.2) is 5.78 Å². The summed E-state index contributed by atoms with van der Waals surface area (Å²) in [6, 6.07) is 25.3. The molecule has 2 heteroatoms. The quantitative estimate of drug-likeness (QED) is 0.587. The van der Waals surface area contributed by atoms with Crippen molar-refractivity contribution in [3.63, 3.8) is 0 Å². The van der Waals surface area contributed by atoms with E-state index >= 15 is 0 Å². The summed E-state index contributed by atoms with van der Waals surface area (Å²) in [6.07, 6.45) is 0.360. The van der Waals surface area contributed by atoms with Gasteiger partial charge in [-0.15, -0.1) is 0 Å². The first-order chi connectivity index (χ1) is 10.7. The number of rotatable bonds is 4. The molecule has 0 aromatic heterocycles. The van der Waals surface area contributed by atoms with Gasteiger partial charge in [-0.05, 0) is 28.8 Å². The molecule has 108 valence electrons. The Hall–Kier alpha value is -2.38. The van der Waals surface area contributed by atoms with E-state index in [1.807, 2.05) is 72.8 Å². The molecular formula is C20H15ClO. The molecule has 0 saturated heterocycles. The fourth-order valence-electron chi connectivity index (χ4n) is 2.43. The zero-order valence-electron chi connectivity index (χ0n) is 12.0. The minimum absolute atomic E-state index is 0.0361. The van der Waals surface area contributed by atoms with Crippen molar-refractivity contribution in [2.24, 2.45) is 0 Å². The lowest BCUT2D eigenvalue weighted by molar-refractivity contribution is 0.0993. The molecule has 0 radical (unpaired) electrons. The maximum Gasteiger partial charge on any atom is 0.168 e. The Balaban J connectivity index is 1.91. The van der Waals surface area contributed by atoms with E-state index in [-0.39, 0.29) is 5.78 Å². The molecule has 0 aliphatic rings. The van der Waals surface area contributed by atoms with Crippen molar-refractivity contribution in [2.75, 3.05) is 0 Å². The van der Waals surface area contributed by atoms with Crippen LogP contribution in [0.3, 0.4) is 0 Å². The minimum Gasteiger partial charge on any atom is -0.294 e. The van der Waals surface area contributed by atoms with E-state index in [2.05, 4.69) is 0 Å². The number of carbonyl (C=O) groups excluding carboxylic acids is 1. The summed E-state index contributed by atoms with van der Waals surface area (Å²) < 4.78 is 0. The van der Waals surface area contributed by atoms with Crippen molar-refractivity contribution in [3.8, 4) is 11.1 Å². The van der Waals surface area contributed by atoms with Gasteiger partial charge in [-0.3, -0.25) is 4.79 Å². The monoisotopic (exact) mass is 306 g/mol. The highest BCUT2D eigenvalue weighted by molar-refractivity contribution is 6.34. The van der Waals surface area contributed by atoms with Crippen LogP contribution < -0.4 is 0 Å². The van der Waals surface area contributed by atoms with Crippen molar-refractivity contribution in [2.45, 2.75) is 6.42 Å². The van der Waals surface area contributed by atoms with Crippen LogP contribution in [0.25, 0.3) is 11.1 Å². The average molecular weight is 307 g/mol. The lowest BCUT2D eigenvalue weighted by atomic mass is 9.98. The molecule has 3 rings (SSSR count). The molecule has 22 heavy (non-hydrogen) atoms. The summed E-state index contributed by atoms with van der Waals surface area (Å²) in [5, 5.41) is 0.501. The molecule has 0 unspecified atom stereocenters. The molecular weight excluding hydrogens is 292 g/mol. The molecule has 0 bridgehead atoms. The van der Waals surface area contributed by atoms with Crippen LogP contribution in [0.2, 0.25) is 5.02 Å². The minimum atomic E-state index is 0.0361. The van der Waals surface area contributed by atoms with E-state index in [9.17, 15) is 4.79 Å². The number of benzene rings is 3. The first-order valence-corrected chi connectivity index (χ1v) is 7.54. The third kappa shape index (κ3) is 3.26. The van der Waals surface area contributed by atoms with Gasteiger partial charge in [-0.2, -0.15) is 0 Å². The van der Waals surface area contributed by atoms with Gasteiger partial charge in [0.05, 0.1) is 5.02 Å². The Labute approximate surface area is 135 Å². The Morgan fingerprint density at radius 3 is 2.09 bits per heavy atom. The Morgan fingerprint density at radius 1 is 0.773 bits per heavy atom. The fraction of sp³-hybridized carbons (Fsp3) is 0.0500. The number of halogens is 1. The number of carbonyl (C=O) groups is 1. The zero-order chi connectivity index (χ0) is 15.4. The van der Waals surface area contributed by atoms with Crippen molar-refractivity contribution in [1.29, 1.82) is 0 Å². The van der Waals surface area contributed by atoms with Gasteiger partial charge in [0, 0.05) is 12.0 Å². The van der Waals surface area contributed by atoms with E-state index in [0.29, 0.717) is 17.0 Å². The Bertz CT molecular complexity index is 779. The molecule has 0 amide bonds. The van der Waals surface area contributed by atoms with E-state index in [0.717, 1.165) is 16.7 Å². The SMILES string of the molecule is O=C(Cc1ccccc1)c1cc(-c2ccccc2)ccc1Cl.